The molecule has 72 valence electrons. The number of hydrogen-bond donors (Lipinski definition) is 1. The average Bonchev–Trinajstić information content (AvgIpc) is 2.57. The largest absolute Gasteiger partial charge is 0.340 e. The van der Waals surface area contributed by atoms with Crippen LogP contribution in [-0.4, -0.2) is 15.7 Å². The van der Waals surface area contributed by atoms with Crippen LogP contribution in [0.3, 0.4) is 0 Å². The van der Waals surface area contributed by atoms with Gasteiger partial charge in [-0.05, 0) is 12.8 Å². The molecule has 2 rings (SSSR count). The first kappa shape index (κ1) is 8.69. The van der Waals surface area contributed by atoms with E-state index in [1.807, 2.05) is 0 Å². The first-order chi connectivity index (χ1) is 6.29. The fourth-order valence-corrected chi connectivity index (χ4v) is 2.01. The van der Waals surface area contributed by atoms with Crippen molar-refractivity contribution >= 4 is 0 Å². The lowest BCUT2D eigenvalue weighted by molar-refractivity contribution is 0.261. The molecule has 13 heavy (non-hydrogen) atoms. The van der Waals surface area contributed by atoms with Crippen molar-refractivity contribution in [3.05, 3.63) is 12.2 Å². The minimum atomic E-state index is -0.0925. The van der Waals surface area contributed by atoms with Crippen molar-refractivity contribution in [3.8, 4) is 0 Å². The van der Waals surface area contributed by atoms with Gasteiger partial charge in [-0.1, -0.05) is 24.4 Å². The Kier molecular flexibility index (Phi) is 2.31. The summed E-state index contributed by atoms with van der Waals surface area (Å²) in [4.78, 5) is 4.00. The van der Waals surface area contributed by atoms with E-state index in [1.54, 1.807) is 0 Å². The Hall–Kier alpha value is -0.900. The van der Waals surface area contributed by atoms with Gasteiger partial charge in [0.25, 0.3) is 0 Å². The molecule has 0 aliphatic heterocycles. The molecule has 0 aromatic carbocycles. The van der Waals surface area contributed by atoms with Gasteiger partial charge < -0.3 is 10.3 Å². The van der Waals surface area contributed by atoms with E-state index in [4.69, 9.17) is 10.3 Å². The summed E-state index contributed by atoms with van der Waals surface area (Å²) in [6, 6.07) is 0. The van der Waals surface area contributed by atoms with Crippen molar-refractivity contribution in [2.45, 2.75) is 44.1 Å². The molecule has 0 amide bonds. The van der Waals surface area contributed by atoms with Gasteiger partial charge in [0.1, 0.15) is 0 Å². The van der Waals surface area contributed by atoms with Crippen molar-refractivity contribution in [2.24, 2.45) is 5.73 Å². The first-order valence-corrected chi connectivity index (χ1v) is 4.83. The Balaban J connectivity index is 1.99. The Morgan fingerprint density at radius 3 is 2.77 bits per heavy atom. The zero-order chi connectivity index (χ0) is 9.15. The van der Waals surface area contributed by atoms with Gasteiger partial charge in [0.15, 0.2) is 6.33 Å². The molecule has 4 heteroatoms. The molecule has 0 unspecified atom stereocenters. The van der Waals surface area contributed by atoms with Crippen LogP contribution in [0.2, 0.25) is 0 Å². The van der Waals surface area contributed by atoms with E-state index in [0.29, 0.717) is 5.89 Å². The van der Waals surface area contributed by atoms with Crippen LogP contribution < -0.4 is 5.73 Å². The fraction of sp³-hybridized carbons (Fsp3) is 0.778. The van der Waals surface area contributed by atoms with Crippen molar-refractivity contribution in [2.75, 3.05) is 0 Å². The number of aromatic nitrogens is 2. The van der Waals surface area contributed by atoms with Gasteiger partial charge in [0.2, 0.25) is 5.89 Å². The van der Waals surface area contributed by atoms with E-state index < -0.39 is 0 Å². The van der Waals surface area contributed by atoms with E-state index >= 15 is 0 Å². The van der Waals surface area contributed by atoms with Crippen LogP contribution in [0, 0.1) is 0 Å². The van der Waals surface area contributed by atoms with E-state index in [-0.39, 0.29) is 5.54 Å². The number of nitrogens with two attached hydrogens (primary N) is 1. The molecule has 1 aromatic rings. The van der Waals surface area contributed by atoms with Crippen molar-refractivity contribution in [1.82, 2.24) is 10.1 Å². The summed E-state index contributed by atoms with van der Waals surface area (Å²) in [6.07, 6.45) is 8.08. The van der Waals surface area contributed by atoms with E-state index in [1.165, 1.54) is 25.6 Å². The molecule has 1 fully saturated rings. The lowest BCUT2D eigenvalue weighted by atomic mass is 9.80. The van der Waals surface area contributed by atoms with Crippen LogP contribution in [0.15, 0.2) is 10.9 Å². The van der Waals surface area contributed by atoms with E-state index in [2.05, 4.69) is 10.1 Å². The maximum atomic E-state index is 6.22. The predicted octanol–water partition coefficient (Wildman–Crippen LogP) is 1.27. The number of rotatable bonds is 2. The highest BCUT2D eigenvalue weighted by Gasteiger charge is 2.29. The third-order valence-electron chi connectivity index (χ3n) is 2.76. The van der Waals surface area contributed by atoms with Crippen LogP contribution in [-0.2, 0) is 6.42 Å². The van der Waals surface area contributed by atoms with Gasteiger partial charge in [0.05, 0.1) is 0 Å². The minimum Gasteiger partial charge on any atom is -0.340 e. The lowest BCUT2D eigenvalue weighted by Crippen LogP contribution is -2.43. The summed E-state index contributed by atoms with van der Waals surface area (Å²) in [5.74, 6) is 0.671. The van der Waals surface area contributed by atoms with Crippen LogP contribution in [0.4, 0.5) is 0 Å². The third kappa shape index (κ3) is 2.06. The highest BCUT2D eigenvalue weighted by Crippen LogP contribution is 2.28. The molecule has 1 aliphatic rings. The molecule has 1 aliphatic carbocycles. The summed E-state index contributed by atoms with van der Waals surface area (Å²) >= 11 is 0. The Labute approximate surface area is 77.5 Å². The van der Waals surface area contributed by atoms with Crippen LogP contribution in [0.1, 0.15) is 38.0 Å². The zero-order valence-corrected chi connectivity index (χ0v) is 7.70. The summed E-state index contributed by atoms with van der Waals surface area (Å²) < 4.78 is 4.96. The molecule has 0 radical (unpaired) electrons. The van der Waals surface area contributed by atoms with Crippen LogP contribution in [0.5, 0.6) is 0 Å². The molecule has 1 aromatic heterocycles. The number of nitrogens with zero attached hydrogens (tertiary/aromatic N) is 2. The third-order valence-corrected chi connectivity index (χ3v) is 2.76. The maximum absolute atomic E-state index is 6.22. The standard InChI is InChI=1S/C9H15N3O/c10-9(4-2-1-3-5-9)6-8-11-7-12-13-8/h7H,1-6,10H2. The monoisotopic (exact) mass is 181 g/mol. The quantitative estimate of drug-likeness (QED) is 0.746. The smallest absolute Gasteiger partial charge is 0.228 e. The molecule has 0 saturated heterocycles. The Bertz CT molecular complexity index is 252. The van der Waals surface area contributed by atoms with Gasteiger partial charge in [0, 0.05) is 12.0 Å². The molecule has 1 heterocycles. The van der Waals surface area contributed by atoms with Gasteiger partial charge >= 0.3 is 0 Å². The van der Waals surface area contributed by atoms with Gasteiger partial charge in [-0.3, -0.25) is 0 Å². The number of hydrogen-bond acceptors (Lipinski definition) is 4. The average molecular weight is 181 g/mol. The second kappa shape index (κ2) is 3.46. The molecular formula is C9H15N3O. The Morgan fingerprint density at radius 1 is 1.38 bits per heavy atom. The molecule has 0 spiro atoms. The topological polar surface area (TPSA) is 64.9 Å². The molecular weight excluding hydrogens is 166 g/mol. The van der Waals surface area contributed by atoms with Crippen LogP contribution in [0.25, 0.3) is 0 Å². The van der Waals surface area contributed by atoms with E-state index in [0.717, 1.165) is 19.3 Å². The predicted molar refractivity (Wildman–Crippen MR) is 48.0 cm³/mol. The molecule has 4 nitrogen and oxygen atoms in total. The van der Waals surface area contributed by atoms with Crippen molar-refractivity contribution in [1.29, 1.82) is 0 Å². The van der Waals surface area contributed by atoms with Gasteiger partial charge in [-0.15, -0.1) is 0 Å². The van der Waals surface area contributed by atoms with Crippen molar-refractivity contribution in [3.63, 3.8) is 0 Å². The summed E-state index contributed by atoms with van der Waals surface area (Å²) in [5, 5.41) is 3.58. The summed E-state index contributed by atoms with van der Waals surface area (Å²) in [7, 11) is 0. The molecule has 2 N–H and O–H groups in total. The van der Waals surface area contributed by atoms with Crippen molar-refractivity contribution < 1.29 is 4.52 Å². The van der Waals surface area contributed by atoms with Gasteiger partial charge in [-0.2, -0.15) is 4.98 Å². The zero-order valence-electron chi connectivity index (χ0n) is 7.70. The highest BCUT2D eigenvalue weighted by molar-refractivity contribution is 4.95. The fourth-order valence-electron chi connectivity index (χ4n) is 2.01. The summed E-state index contributed by atoms with van der Waals surface area (Å²) in [6.45, 7) is 0. The maximum Gasteiger partial charge on any atom is 0.228 e. The molecule has 1 saturated carbocycles. The first-order valence-electron chi connectivity index (χ1n) is 4.83. The normalized spacial score (nSPS) is 21.6. The summed E-state index contributed by atoms with van der Waals surface area (Å²) in [5.41, 5.74) is 6.13. The molecule has 0 bridgehead atoms. The molecule has 0 atom stereocenters. The second-order valence-corrected chi connectivity index (χ2v) is 3.93. The highest BCUT2D eigenvalue weighted by atomic mass is 16.5. The Morgan fingerprint density at radius 2 is 2.15 bits per heavy atom. The second-order valence-electron chi connectivity index (χ2n) is 3.93. The van der Waals surface area contributed by atoms with E-state index in [9.17, 15) is 0 Å². The lowest BCUT2D eigenvalue weighted by Gasteiger charge is -2.31. The van der Waals surface area contributed by atoms with Gasteiger partial charge in [-0.25, -0.2) is 0 Å². The minimum absolute atomic E-state index is 0.0925. The van der Waals surface area contributed by atoms with Crippen LogP contribution >= 0.6 is 0 Å². The SMILES string of the molecule is NC1(Cc2ncno2)CCCCC1.